The van der Waals surface area contributed by atoms with E-state index in [1.165, 1.54) is 0 Å². The third-order valence-corrected chi connectivity index (χ3v) is 10.00. The van der Waals surface area contributed by atoms with E-state index in [-0.39, 0.29) is 0 Å². The number of furan rings is 2. The van der Waals surface area contributed by atoms with E-state index in [4.69, 9.17) is 8.83 Å². The normalized spacial score (nSPS) is 11.9. The molecule has 0 unspecified atom stereocenters. The molecule has 5 aromatic heterocycles. The van der Waals surface area contributed by atoms with Gasteiger partial charge in [-0.05, 0) is 112 Å². The summed E-state index contributed by atoms with van der Waals surface area (Å²) in [5, 5.41) is 4.44. The van der Waals surface area contributed by atoms with E-state index in [1.807, 2.05) is 42.7 Å². The molecule has 0 aliphatic rings. The maximum Gasteiger partial charge on any atom is 0.135 e. The third-order valence-electron chi connectivity index (χ3n) is 10.00. The molecule has 0 aliphatic carbocycles. The molecule has 0 aliphatic heterocycles. The fourth-order valence-corrected chi connectivity index (χ4v) is 7.58. The Kier molecular flexibility index (Phi) is 5.86. The van der Waals surface area contributed by atoms with Crippen LogP contribution >= 0.6 is 0 Å². The molecule has 0 fully saturated rings. The Bertz CT molecular complexity index is 2960. The summed E-state index contributed by atoms with van der Waals surface area (Å²) in [5.74, 6) is 0. The minimum absolute atomic E-state index is 0.840. The van der Waals surface area contributed by atoms with E-state index < -0.39 is 0 Å². The van der Waals surface area contributed by atoms with Crippen LogP contribution in [0.15, 0.2) is 167 Å². The van der Waals surface area contributed by atoms with Crippen molar-refractivity contribution in [3.8, 4) is 39.1 Å². The van der Waals surface area contributed by atoms with Crippen molar-refractivity contribution in [2.75, 3.05) is 0 Å². The van der Waals surface area contributed by atoms with Crippen molar-refractivity contribution < 1.29 is 8.83 Å². The van der Waals surface area contributed by atoms with Crippen molar-refractivity contribution in [3.05, 3.63) is 158 Å². The van der Waals surface area contributed by atoms with E-state index in [9.17, 15) is 0 Å². The fourth-order valence-electron chi connectivity index (χ4n) is 7.58. The number of nitrogens with zero attached hydrogens (tertiary/aromatic N) is 4. The van der Waals surface area contributed by atoms with Gasteiger partial charge < -0.3 is 13.4 Å². The maximum atomic E-state index is 6.17. The van der Waals surface area contributed by atoms with Crippen LogP contribution in [0.2, 0.25) is 0 Å². The average molecular weight is 655 g/mol. The Balaban J connectivity index is 1.09. The van der Waals surface area contributed by atoms with Crippen molar-refractivity contribution in [1.82, 2.24) is 19.5 Å². The molecule has 11 rings (SSSR count). The fraction of sp³-hybridized carbons (Fsp3) is 0. The smallest absolute Gasteiger partial charge is 0.135 e. The van der Waals surface area contributed by atoms with Gasteiger partial charge in [0.15, 0.2) is 0 Å². The zero-order valence-corrected chi connectivity index (χ0v) is 27.1. The second-order valence-electron chi connectivity index (χ2n) is 12.9. The molecule has 5 heterocycles. The van der Waals surface area contributed by atoms with Crippen LogP contribution in [-0.2, 0) is 0 Å². The second kappa shape index (κ2) is 10.7. The molecule has 238 valence electrons. The lowest BCUT2D eigenvalue weighted by atomic mass is 9.92. The summed E-state index contributed by atoms with van der Waals surface area (Å²) in [6.45, 7) is 0. The Morgan fingerprint density at radius 3 is 1.61 bits per heavy atom. The molecule has 0 amide bonds. The predicted molar refractivity (Wildman–Crippen MR) is 205 cm³/mol. The number of benzene rings is 6. The molecule has 6 heteroatoms. The van der Waals surface area contributed by atoms with Crippen molar-refractivity contribution in [2.45, 2.75) is 0 Å². The molecule has 0 saturated carbocycles. The summed E-state index contributed by atoms with van der Waals surface area (Å²) >= 11 is 0. The van der Waals surface area contributed by atoms with E-state index in [1.54, 1.807) is 6.33 Å². The van der Waals surface area contributed by atoms with Crippen LogP contribution in [-0.4, -0.2) is 19.5 Å². The highest BCUT2D eigenvalue weighted by molar-refractivity contribution is 6.08. The largest absolute Gasteiger partial charge is 0.456 e. The summed E-state index contributed by atoms with van der Waals surface area (Å²) in [6, 6.07) is 49.0. The van der Waals surface area contributed by atoms with Gasteiger partial charge >= 0.3 is 0 Å². The number of aromatic nitrogens is 4. The maximum absolute atomic E-state index is 6.17. The third kappa shape index (κ3) is 4.33. The Morgan fingerprint density at radius 2 is 0.961 bits per heavy atom. The molecule has 51 heavy (non-hydrogen) atoms. The molecule has 0 atom stereocenters. The van der Waals surface area contributed by atoms with Gasteiger partial charge in [0.25, 0.3) is 0 Å². The molecule has 0 bridgehead atoms. The second-order valence-corrected chi connectivity index (χ2v) is 12.9. The lowest BCUT2D eigenvalue weighted by Crippen LogP contribution is -1.94. The number of pyridine rings is 1. The number of fused-ring (bicyclic) bond motifs is 9. The van der Waals surface area contributed by atoms with Crippen LogP contribution in [0.4, 0.5) is 0 Å². The molecule has 6 nitrogen and oxygen atoms in total. The van der Waals surface area contributed by atoms with E-state index in [2.05, 4.69) is 129 Å². The minimum atomic E-state index is 0.840. The van der Waals surface area contributed by atoms with Gasteiger partial charge in [0, 0.05) is 33.4 Å². The number of para-hydroxylation sites is 2. The van der Waals surface area contributed by atoms with Crippen LogP contribution in [0.25, 0.3) is 105 Å². The van der Waals surface area contributed by atoms with Gasteiger partial charge in [0.05, 0.1) is 17.2 Å². The van der Waals surface area contributed by atoms with Crippen molar-refractivity contribution >= 4 is 65.9 Å². The van der Waals surface area contributed by atoms with E-state index >= 15 is 0 Å². The van der Waals surface area contributed by atoms with Crippen molar-refractivity contribution in [2.24, 2.45) is 0 Å². The molecule has 0 radical (unpaired) electrons. The molecule has 11 aromatic rings. The lowest BCUT2D eigenvalue weighted by molar-refractivity contribution is 0.668. The van der Waals surface area contributed by atoms with Crippen LogP contribution in [0.1, 0.15) is 0 Å². The SMILES string of the molecule is c1ccc2c(c1)oc1ccc(-c3cc(-c4ccc(-n5c6cccnc6c6ncncc65)cc4)cc(-c4ccc5oc6ccccc6c5c4)c3)cc12. The number of hydrogen-bond acceptors (Lipinski definition) is 5. The molecular formula is C45H26N4O2. The van der Waals surface area contributed by atoms with Gasteiger partial charge in [0.2, 0.25) is 0 Å². The summed E-state index contributed by atoms with van der Waals surface area (Å²) in [4.78, 5) is 13.5. The summed E-state index contributed by atoms with van der Waals surface area (Å²) in [7, 11) is 0. The van der Waals surface area contributed by atoms with Gasteiger partial charge in [-0.3, -0.25) is 4.98 Å². The predicted octanol–water partition coefficient (Wildman–Crippen LogP) is 11.8. The molecular weight excluding hydrogens is 629 g/mol. The molecule has 6 aromatic carbocycles. The first kappa shape index (κ1) is 27.9. The van der Waals surface area contributed by atoms with Crippen LogP contribution < -0.4 is 0 Å². The minimum Gasteiger partial charge on any atom is -0.456 e. The summed E-state index contributed by atoms with van der Waals surface area (Å²) in [6.07, 6.45) is 5.24. The van der Waals surface area contributed by atoms with Crippen LogP contribution in [0.5, 0.6) is 0 Å². The Hall–Kier alpha value is -7.05. The summed E-state index contributed by atoms with van der Waals surface area (Å²) < 4.78 is 14.5. The van der Waals surface area contributed by atoms with Gasteiger partial charge in [-0.1, -0.05) is 60.7 Å². The molecule has 0 spiro atoms. The topological polar surface area (TPSA) is 69.9 Å². The number of rotatable bonds is 4. The Morgan fingerprint density at radius 1 is 0.412 bits per heavy atom. The highest BCUT2D eigenvalue weighted by Crippen LogP contribution is 2.39. The Labute approximate surface area is 290 Å². The monoisotopic (exact) mass is 654 g/mol. The first-order valence-electron chi connectivity index (χ1n) is 16.9. The average Bonchev–Trinajstić information content (AvgIpc) is 3.87. The molecule has 0 saturated heterocycles. The van der Waals surface area contributed by atoms with E-state index in [0.717, 1.165) is 105 Å². The zero-order chi connectivity index (χ0) is 33.5. The van der Waals surface area contributed by atoms with Crippen molar-refractivity contribution in [3.63, 3.8) is 0 Å². The first-order valence-corrected chi connectivity index (χ1v) is 16.9. The number of hydrogen-bond donors (Lipinski definition) is 0. The lowest BCUT2D eigenvalue weighted by Gasteiger charge is -2.13. The van der Waals surface area contributed by atoms with Gasteiger partial charge in [-0.2, -0.15) is 0 Å². The van der Waals surface area contributed by atoms with Crippen LogP contribution in [0.3, 0.4) is 0 Å². The van der Waals surface area contributed by atoms with Crippen LogP contribution in [0, 0.1) is 0 Å². The zero-order valence-electron chi connectivity index (χ0n) is 27.1. The summed E-state index contributed by atoms with van der Waals surface area (Å²) in [5.41, 5.74) is 14.9. The van der Waals surface area contributed by atoms with Crippen molar-refractivity contribution in [1.29, 1.82) is 0 Å². The first-order chi connectivity index (χ1) is 25.2. The quantitative estimate of drug-likeness (QED) is 0.189. The highest BCUT2D eigenvalue weighted by Gasteiger charge is 2.16. The highest BCUT2D eigenvalue weighted by atomic mass is 16.3. The van der Waals surface area contributed by atoms with Gasteiger partial charge in [0.1, 0.15) is 39.7 Å². The standard InChI is InChI=1S/C45H26N4O2/c1-3-9-40-34(6-1)36-23-28(13-17-42(36)50-40)31-20-30(21-32(22-31)29-14-18-43-37(24-29)35-7-2-4-10-41(35)51-43)27-11-15-33(16-12-27)49-38-8-5-19-47-44(38)45-39(49)25-46-26-48-45/h1-26H. The molecule has 0 N–H and O–H groups in total. The van der Waals surface area contributed by atoms with Gasteiger partial charge in [-0.25, -0.2) is 9.97 Å². The van der Waals surface area contributed by atoms with E-state index in [0.29, 0.717) is 0 Å². The van der Waals surface area contributed by atoms with Gasteiger partial charge in [-0.15, -0.1) is 0 Å².